The molecule has 0 atom stereocenters. The number of aromatic nitrogens is 2. The Labute approximate surface area is 124 Å². The van der Waals surface area contributed by atoms with Gasteiger partial charge in [-0.1, -0.05) is 24.3 Å². The number of anilines is 1. The second-order valence-corrected chi connectivity index (χ2v) is 6.05. The van der Waals surface area contributed by atoms with Crippen molar-refractivity contribution in [2.45, 2.75) is 12.3 Å². The fourth-order valence-electron chi connectivity index (χ4n) is 1.61. The topological polar surface area (TPSA) is 98.0 Å². The van der Waals surface area contributed by atoms with Crippen molar-refractivity contribution in [2.75, 3.05) is 4.72 Å². The predicted octanol–water partition coefficient (Wildman–Crippen LogP) is 1.29. The average molecular weight is 332 g/mol. The highest BCUT2D eigenvalue weighted by molar-refractivity contribution is 7.91. The van der Waals surface area contributed by atoms with Crippen LogP contribution in [0.1, 0.15) is 11.1 Å². The Morgan fingerprint density at radius 2 is 1.50 bits per heavy atom. The summed E-state index contributed by atoms with van der Waals surface area (Å²) in [6, 6.07) is 6.40. The van der Waals surface area contributed by atoms with Gasteiger partial charge in [0.15, 0.2) is 0 Å². The molecule has 0 spiro atoms. The largest absolute Gasteiger partial charge is 0.326 e. The van der Waals surface area contributed by atoms with E-state index in [0.29, 0.717) is 12.1 Å². The summed E-state index contributed by atoms with van der Waals surface area (Å²) in [5.74, 6) is -6.78. The lowest BCUT2D eigenvalue weighted by molar-refractivity contribution is 0.409. The number of nitrogens with one attached hydrogen (secondary N) is 1. The Balaban J connectivity index is 2.17. The highest BCUT2D eigenvalue weighted by Gasteiger charge is 2.18. The van der Waals surface area contributed by atoms with E-state index in [0.717, 1.165) is 5.56 Å². The molecule has 0 aliphatic heterocycles. The molecule has 0 amide bonds. The maximum absolute atomic E-state index is 12.9. The van der Waals surface area contributed by atoms with Crippen LogP contribution in [0.3, 0.4) is 0 Å². The molecule has 0 unspecified atom stereocenters. The zero-order chi connectivity index (χ0) is 16.3. The molecule has 22 heavy (non-hydrogen) atoms. The van der Waals surface area contributed by atoms with Gasteiger partial charge >= 0.3 is 0 Å². The SMILES string of the molecule is NCc1ccc(CS(=O)(=O)Nc2nc(F)c(F)c(F)n2)cc1. The van der Waals surface area contributed by atoms with Crippen molar-refractivity contribution in [3.8, 4) is 0 Å². The molecule has 2 rings (SSSR count). The third-order valence-corrected chi connectivity index (χ3v) is 3.84. The van der Waals surface area contributed by atoms with E-state index in [9.17, 15) is 21.6 Å². The molecule has 2 aromatic rings. The second-order valence-electron chi connectivity index (χ2n) is 4.32. The summed E-state index contributed by atoms with van der Waals surface area (Å²) in [5, 5.41) is 0. The number of rotatable bonds is 5. The maximum Gasteiger partial charge on any atom is 0.257 e. The summed E-state index contributed by atoms with van der Waals surface area (Å²) < 4.78 is 64.1. The molecule has 3 N–H and O–H groups in total. The van der Waals surface area contributed by atoms with Crippen molar-refractivity contribution in [3.05, 3.63) is 53.1 Å². The van der Waals surface area contributed by atoms with Crippen molar-refractivity contribution in [1.29, 1.82) is 0 Å². The molecular weight excluding hydrogens is 321 g/mol. The molecule has 10 heteroatoms. The van der Waals surface area contributed by atoms with Gasteiger partial charge in [0, 0.05) is 6.54 Å². The third kappa shape index (κ3) is 3.92. The van der Waals surface area contributed by atoms with Crippen LogP contribution in [-0.4, -0.2) is 18.4 Å². The Morgan fingerprint density at radius 1 is 1.00 bits per heavy atom. The first-order valence-electron chi connectivity index (χ1n) is 5.97. The van der Waals surface area contributed by atoms with Crippen LogP contribution in [0.2, 0.25) is 0 Å². The number of hydrogen-bond acceptors (Lipinski definition) is 5. The van der Waals surface area contributed by atoms with Crippen LogP contribution in [-0.2, 0) is 22.3 Å². The minimum atomic E-state index is -4.02. The van der Waals surface area contributed by atoms with Crippen molar-refractivity contribution < 1.29 is 21.6 Å². The van der Waals surface area contributed by atoms with Crippen molar-refractivity contribution in [1.82, 2.24) is 9.97 Å². The Kier molecular flexibility index (Phi) is 4.62. The highest BCUT2D eigenvalue weighted by atomic mass is 32.2. The van der Waals surface area contributed by atoms with E-state index in [-0.39, 0.29) is 0 Å². The predicted molar refractivity (Wildman–Crippen MR) is 72.5 cm³/mol. The van der Waals surface area contributed by atoms with E-state index in [4.69, 9.17) is 5.73 Å². The number of nitrogens with zero attached hydrogens (tertiary/aromatic N) is 2. The molecule has 118 valence electrons. The van der Waals surface area contributed by atoms with E-state index in [1.54, 1.807) is 29.0 Å². The minimum absolute atomic E-state index is 0.313. The molecular formula is C12H11F3N4O2S. The van der Waals surface area contributed by atoms with E-state index < -0.39 is 39.4 Å². The highest BCUT2D eigenvalue weighted by Crippen LogP contribution is 2.13. The van der Waals surface area contributed by atoms with Gasteiger partial charge in [0.1, 0.15) is 0 Å². The molecule has 1 heterocycles. The summed E-state index contributed by atoms with van der Waals surface area (Å²) in [4.78, 5) is 5.78. The molecule has 0 saturated carbocycles. The van der Waals surface area contributed by atoms with Crippen LogP contribution >= 0.6 is 0 Å². The van der Waals surface area contributed by atoms with Gasteiger partial charge in [0.2, 0.25) is 21.8 Å². The van der Waals surface area contributed by atoms with Gasteiger partial charge in [-0.3, -0.25) is 4.72 Å². The lowest BCUT2D eigenvalue weighted by atomic mass is 10.1. The summed E-state index contributed by atoms with van der Waals surface area (Å²) >= 11 is 0. The number of hydrogen-bond donors (Lipinski definition) is 2. The lowest BCUT2D eigenvalue weighted by Crippen LogP contribution is -2.18. The average Bonchev–Trinajstić information content (AvgIpc) is 2.44. The molecule has 6 nitrogen and oxygen atoms in total. The zero-order valence-electron chi connectivity index (χ0n) is 11.1. The zero-order valence-corrected chi connectivity index (χ0v) is 11.9. The summed E-state index contributed by atoms with van der Waals surface area (Å²) in [6.45, 7) is 0.313. The van der Waals surface area contributed by atoms with Gasteiger partial charge < -0.3 is 5.73 Å². The van der Waals surface area contributed by atoms with Gasteiger partial charge in [-0.05, 0) is 11.1 Å². The number of benzene rings is 1. The molecule has 0 bridgehead atoms. The van der Waals surface area contributed by atoms with Crippen LogP contribution in [0.5, 0.6) is 0 Å². The Morgan fingerprint density at radius 3 is 2.00 bits per heavy atom. The van der Waals surface area contributed by atoms with Crippen LogP contribution < -0.4 is 10.5 Å². The molecule has 0 saturated heterocycles. The quantitative estimate of drug-likeness (QED) is 0.804. The number of nitrogens with two attached hydrogens (primary N) is 1. The fraction of sp³-hybridized carbons (Fsp3) is 0.167. The number of sulfonamides is 1. The monoisotopic (exact) mass is 332 g/mol. The van der Waals surface area contributed by atoms with Gasteiger partial charge in [0.05, 0.1) is 5.75 Å². The van der Waals surface area contributed by atoms with Gasteiger partial charge in [-0.15, -0.1) is 0 Å². The molecule has 0 fully saturated rings. The van der Waals surface area contributed by atoms with Gasteiger partial charge in [-0.2, -0.15) is 23.1 Å². The van der Waals surface area contributed by atoms with E-state index in [1.807, 2.05) is 0 Å². The Hall–Kier alpha value is -2.20. The Bertz CT molecular complexity index is 758. The first kappa shape index (κ1) is 16.2. The first-order chi connectivity index (χ1) is 10.3. The smallest absolute Gasteiger partial charge is 0.257 e. The second kappa shape index (κ2) is 6.28. The summed E-state index contributed by atoms with van der Waals surface area (Å²) in [6.07, 6.45) is 0. The third-order valence-electron chi connectivity index (χ3n) is 2.63. The normalized spacial score (nSPS) is 11.5. The van der Waals surface area contributed by atoms with Crippen LogP contribution in [0.15, 0.2) is 24.3 Å². The molecule has 0 aliphatic carbocycles. The maximum atomic E-state index is 12.9. The summed E-state index contributed by atoms with van der Waals surface area (Å²) in [7, 11) is -4.02. The van der Waals surface area contributed by atoms with Crippen LogP contribution in [0.25, 0.3) is 0 Å². The minimum Gasteiger partial charge on any atom is -0.326 e. The van der Waals surface area contributed by atoms with Gasteiger partial charge in [0.25, 0.3) is 11.9 Å². The number of halogens is 3. The van der Waals surface area contributed by atoms with Crippen molar-refractivity contribution >= 4 is 16.0 Å². The standard InChI is InChI=1S/C12H11F3N4O2S/c13-9-10(14)17-12(18-11(9)15)19-22(20,21)6-8-3-1-7(5-16)2-4-8/h1-4H,5-6,16H2,(H,17,18,19). The molecule has 1 aromatic carbocycles. The van der Waals surface area contributed by atoms with E-state index >= 15 is 0 Å². The van der Waals surface area contributed by atoms with Gasteiger partial charge in [-0.25, -0.2) is 8.42 Å². The van der Waals surface area contributed by atoms with Crippen LogP contribution in [0.4, 0.5) is 19.1 Å². The van der Waals surface area contributed by atoms with Crippen LogP contribution in [0, 0.1) is 17.7 Å². The molecule has 0 aliphatic rings. The van der Waals surface area contributed by atoms with Crippen molar-refractivity contribution in [3.63, 3.8) is 0 Å². The van der Waals surface area contributed by atoms with E-state index in [2.05, 4.69) is 9.97 Å². The molecule has 0 radical (unpaired) electrons. The lowest BCUT2D eigenvalue weighted by Gasteiger charge is -2.07. The molecule has 1 aromatic heterocycles. The fourth-order valence-corrected chi connectivity index (χ4v) is 2.68. The first-order valence-corrected chi connectivity index (χ1v) is 7.63. The van der Waals surface area contributed by atoms with Crippen molar-refractivity contribution in [2.24, 2.45) is 5.73 Å². The van der Waals surface area contributed by atoms with E-state index in [1.165, 1.54) is 0 Å². The summed E-state index contributed by atoms with van der Waals surface area (Å²) in [5.41, 5.74) is 6.66.